The van der Waals surface area contributed by atoms with Crippen molar-refractivity contribution in [3.8, 4) is 22.3 Å². The van der Waals surface area contributed by atoms with Crippen molar-refractivity contribution in [1.29, 1.82) is 0 Å². The van der Waals surface area contributed by atoms with Crippen molar-refractivity contribution in [2.45, 2.75) is 114 Å². The normalized spacial score (nSPS) is 16.6. The first-order valence-corrected chi connectivity index (χ1v) is 29.8. The molecule has 5 heterocycles. The van der Waals surface area contributed by atoms with E-state index in [2.05, 4.69) is 243 Å². The summed E-state index contributed by atoms with van der Waals surface area (Å²) in [6.07, 6.45) is 2.34. The molecule has 0 radical (unpaired) electrons. The van der Waals surface area contributed by atoms with Gasteiger partial charge in [-0.05, 0) is 134 Å². The summed E-state index contributed by atoms with van der Waals surface area (Å²) in [5.41, 5.74) is 22.5. The van der Waals surface area contributed by atoms with Crippen LogP contribution in [0.2, 0.25) is 0 Å². The maximum atomic E-state index is 2.84. The lowest BCUT2D eigenvalue weighted by molar-refractivity contribution is 0.332. The van der Waals surface area contributed by atoms with Crippen molar-refractivity contribution in [3.63, 3.8) is 0 Å². The fraction of sp³-hybridized carbons (Fsp3) is 0.229. The van der Waals surface area contributed by atoms with E-state index in [4.69, 9.17) is 0 Å². The van der Waals surface area contributed by atoms with E-state index in [1.54, 1.807) is 0 Å². The zero-order valence-electron chi connectivity index (χ0n) is 45.2. The molecule has 9 aromatic carbocycles. The molecule has 0 unspecified atom stereocenters. The second kappa shape index (κ2) is 16.0. The quantitative estimate of drug-likeness (QED) is 0.163. The monoisotopic (exact) mass is 1040 g/mol. The van der Waals surface area contributed by atoms with Crippen LogP contribution in [0.15, 0.2) is 174 Å². The van der Waals surface area contributed by atoms with Crippen LogP contribution in [0.25, 0.3) is 62.6 Å². The van der Waals surface area contributed by atoms with Gasteiger partial charge in [-0.3, -0.25) is 0 Å². The Morgan fingerprint density at radius 2 is 1.16 bits per heavy atom. The molecule has 1 aliphatic carbocycles. The van der Waals surface area contributed by atoms with E-state index in [-0.39, 0.29) is 28.5 Å². The summed E-state index contributed by atoms with van der Waals surface area (Å²) in [5, 5.41) is 5.29. The van der Waals surface area contributed by atoms with E-state index in [1.807, 2.05) is 34.4 Å². The number of rotatable bonds is 3. The number of benzene rings is 9. The number of fused-ring (bicyclic) bond motifs is 15. The zero-order valence-corrected chi connectivity index (χ0v) is 47.6. The van der Waals surface area contributed by atoms with Gasteiger partial charge in [0.05, 0.1) is 10.4 Å². The average Bonchev–Trinajstić information content (AvgIpc) is 4.15. The maximum absolute atomic E-state index is 2.84. The van der Waals surface area contributed by atoms with Crippen molar-refractivity contribution in [1.82, 2.24) is 0 Å². The molecular formula is C70H61BN2S3. The number of anilines is 5. The molecule has 0 fully saturated rings. The molecule has 2 nitrogen and oxygen atoms in total. The summed E-state index contributed by atoms with van der Waals surface area (Å²) >= 11 is 5.89. The molecule has 6 heteroatoms. The predicted octanol–water partition coefficient (Wildman–Crippen LogP) is 19.5. The molecule has 0 spiro atoms. The lowest BCUT2D eigenvalue weighted by Crippen LogP contribution is -2.62. The first kappa shape index (κ1) is 46.7. The van der Waals surface area contributed by atoms with Crippen molar-refractivity contribution in [2.24, 2.45) is 0 Å². The Bertz CT molecular complexity index is 4320. The molecule has 0 bridgehead atoms. The molecule has 0 amide bonds. The van der Waals surface area contributed by atoms with E-state index in [9.17, 15) is 0 Å². The molecule has 4 aliphatic rings. The van der Waals surface area contributed by atoms with Gasteiger partial charge >= 0.3 is 6.85 Å². The molecule has 2 aromatic heterocycles. The van der Waals surface area contributed by atoms with Gasteiger partial charge in [0, 0.05) is 90.3 Å². The molecular weight excluding hydrogens is 976 g/mol. The number of hydrogen-bond acceptors (Lipinski definition) is 5. The second-order valence-electron chi connectivity index (χ2n) is 25.1. The summed E-state index contributed by atoms with van der Waals surface area (Å²) in [7, 11) is 0. The van der Waals surface area contributed by atoms with E-state index in [0.717, 1.165) is 6.42 Å². The highest BCUT2D eigenvalue weighted by atomic mass is 32.2. The van der Waals surface area contributed by atoms with E-state index < -0.39 is 0 Å². The van der Waals surface area contributed by atoms with Crippen LogP contribution in [0, 0.1) is 6.92 Å². The predicted molar refractivity (Wildman–Crippen MR) is 333 cm³/mol. The van der Waals surface area contributed by atoms with Gasteiger partial charge in [0.2, 0.25) is 0 Å². The van der Waals surface area contributed by atoms with Gasteiger partial charge in [-0.2, -0.15) is 0 Å². The summed E-state index contributed by atoms with van der Waals surface area (Å²) in [6, 6.07) is 64.1. The third-order valence-electron chi connectivity index (χ3n) is 18.2. The standard InChI is InChI=1S/C70H61BN2S3/c1-40-34-50-51(69(7,8)33-32-68(50,5)6)38-55(40)72-56-39-61-52(70(9,10)49-24-16-19-27-60(49)74-61)37-53(56)71-63-57(72)36-48-44-23-15-18-26-59(44)75-65(48)62(63)46-30-29-45-43-22-14-17-25-58(43)76-66(45)64(46)73(71)54-31-28-42(67(2,3)4)35-47(54)41-20-12-11-13-21-41/h11-31,34-39H,32-33H2,1-10H3. The topological polar surface area (TPSA) is 6.48 Å². The van der Waals surface area contributed by atoms with Gasteiger partial charge in [0.25, 0.3) is 0 Å². The Labute approximate surface area is 460 Å². The van der Waals surface area contributed by atoms with Crippen LogP contribution in [0.1, 0.15) is 109 Å². The molecule has 76 heavy (non-hydrogen) atoms. The van der Waals surface area contributed by atoms with Crippen molar-refractivity contribution >= 4 is 121 Å². The zero-order chi connectivity index (χ0) is 51.9. The van der Waals surface area contributed by atoms with Gasteiger partial charge in [-0.1, -0.05) is 189 Å². The highest BCUT2D eigenvalue weighted by Crippen LogP contribution is 2.59. The van der Waals surface area contributed by atoms with Crippen molar-refractivity contribution in [2.75, 3.05) is 9.71 Å². The smallest absolute Gasteiger partial charge is 0.333 e. The van der Waals surface area contributed by atoms with Crippen LogP contribution in [0.3, 0.4) is 0 Å². The molecule has 3 aliphatic heterocycles. The number of aryl methyl sites for hydroxylation is 1. The minimum absolute atomic E-state index is 0.0270. The second-order valence-corrected chi connectivity index (χ2v) is 28.3. The highest BCUT2D eigenvalue weighted by Gasteiger charge is 2.50. The SMILES string of the molecule is Cc1cc2c(cc1N1c3cc4c(cc3B3c5c1cc1c(sc6ccccc61)c5-c1ccc5c(sc6ccccc65)c1N3c1ccc(C(C)(C)C)cc1-c1ccccc1)C(C)(C)c1ccccc1S4)C(C)(C)CCC2(C)C. The van der Waals surface area contributed by atoms with E-state index >= 15 is 0 Å². The van der Waals surface area contributed by atoms with Crippen molar-refractivity contribution in [3.05, 3.63) is 197 Å². The summed E-state index contributed by atoms with van der Waals surface area (Å²) in [6.45, 7) is 24.1. The fourth-order valence-electron chi connectivity index (χ4n) is 13.9. The molecule has 11 aromatic rings. The summed E-state index contributed by atoms with van der Waals surface area (Å²) in [4.78, 5) is 8.28. The number of nitrogens with zero attached hydrogens (tertiary/aromatic N) is 2. The maximum Gasteiger partial charge on any atom is 0.333 e. The number of thiophene rings is 2. The lowest BCUT2D eigenvalue weighted by atomic mass is 9.43. The Balaban J connectivity index is 1.15. The van der Waals surface area contributed by atoms with Gasteiger partial charge in [0.1, 0.15) is 0 Å². The summed E-state index contributed by atoms with van der Waals surface area (Å²) < 4.78 is 5.35. The molecule has 0 atom stereocenters. The van der Waals surface area contributed by atoms with Crippen LogP contribution in [0.4, 0.5) is 28.4 Å². The van der Waals surface area contributed by atoms with Crippen LogP contribution < -0.4 is 20.6 Å². The number of hydrogen-bond donors (Lipinski definition) is 0. The van der Waals surface area contributed by atoms with Gasteiger partial charge in [-0.15, -0.1) is 22.7 Å². The average molecular weight is 1040 g/mol. The largest absolute Gasteiger partial charge is 0.375 e. The van der Waals surface area contributed by atoms with Crippen LogP contribution >= 0.6 is 34.4 Å². The molecule has 0 saturated heterocycles. The molecule has 372 valence electrons. The van der Waals surface area contributed by atoms with E-state index in [0.29, 0.717) is 0 Å². The first-order chi connectivity index (χ1) is 36.5. The lowest BCUT2D eigenvalue weighted by Gasteiger charge is -2.48. The Morgan fingerprint density at radius 1 is 0.500 bits per heavy atom. The minimum Gasteiger partial charge on any atom is -0.375 e. The molecule has 0 saturated carbocycles. The van der Waals surface area contributed by atoms with Crippen molar-refractivity contribution < 1.29 is 0 Å². The Morgan fingerprint density at radius 3 is 1.89 bits per heavy atom. The molecule has 15 rings (SSSR count). The fourth-order valence-corrected chi connectivity index (χ4v) is 17.8. The minimum atomic E-state index is -0.243. The highest BCUT2D eigenvalue weighted by molar-refractivity contribution is 7.99. The van der Waals surface area contributed by atoms with Crippen LogP contribution in [0.5, 0.6) is 0 Å². The van der Waals surface area contributed by atoms with E-state index in [1.165, 1.54) is 152 Å². The van der Waals surface area contributed by atoms with Gasteiger partial charge in [-0.25, -0.2) is 0 Å². The Hall–Kier alpha value is -6.57. The van der Waals surface area contributed by atoms with Crippen LogP contribution in [-0.4, -0.2) is 6.85 Å². The van der Waals surface area contributed by atoms with Gasteiger partial charge in [0.15, 0.2) is 0 Å². The van der Waals surface area contributed by atoms with Crippen LogP contribution in [-0.2, 0) is 21.7 Å². The third-order valence-corrected chi connectivity index (χ3v) is 21.8. The first-order valence-electron chi connectivity index (χ1n) is 27.3. The Kier molecular flexibility index (Phi) is 9.84. The molecule has 0 N–H and O–H groups in total. The third kappa shape index (κ3) is 6.53. The van der Waals surface area contributed by atoms with Gasteiger partial charge < -0.3 is 9.71 Å². The summed E-state index contributed by atoms with van der Waals surface area (Å²) in [5.74, 6) is 0.